The first kappa shape index (κ1) is 29.6. The first-order valence-corrected chi connectivity index (χ1v) is 15.1. The van der Waals surface area contributed by atoms with Crippen LogP contribution in [-0.4, -0.2) is 63.3 Å². The number of aliphatic hydroxyl groups is 1. The Morgan fingerprint density at radius 2 is 1.97 bits per heavy atom. The number of carbonyl (C=O) groups is 2. The lowest BCUT2D eigenvalue weighted by atomic mass is 9.89. The molecule has 2 aromatic carbocycles. The van der Waals surface area contributed by atoms with E-state index in [0.717, 1.165) is 19.1 Å². The largest absolute Gasteiger partial charge is 0.396 e. The summed E-state index contributed by atoms with van der Waals surface area (Å²) in [7, 11) is -3.69. The van der Waals surface area contributed by atoms with Gasteiger partial charge in [0.1, 0.15) is 5.82 Å². The Hall–Kier alpha value is -2.37. The summed E-state index contributed by atoms with van der Waals surface area (Å²) in [6.45, 7) is 2.35. The molecule has 2 aliphatic rings. The molecule has 1 atom stereocenters. The Morgan fingerprint density at radius 1 is 1.28 bits per heavy atom. The van der Waals surface area contributed by atoms with Gasteiger partial charge in [-0.3, -0.25) is 9.59 Å². The number of rotatable bonds is 12. The number of sulfone groups is 1. The van der Waals surface area contributed by atoms with Gasteiger partial charge in [0.25, 0.3) is 0 Å². The molecule has 8 nitrogen and oxygen atoms in total. The van der Waals surface area contributed by atoms with Crippen molar-refractivity contribution in [2.24, 2.45) is 11.3 Å². The number of nitrogens with zero attached hydrogens (tertiary/aromatic N) is 1. The molecule has 2 fully saturated rings. The van der Waals surface area contributed by atoms with Crippen LogP contribution in [0.15, 0.2) is 35.2 Å². The molecular formula is C28H33ClFNO7S. The lowest BCUT2D eigenvalue weighted by Crippen LogP contribution is -2.33. The number of aliphatic hydroxyl groups excluding tert-OH is 1. The van der Waals surface area contributed by atoms with Gasteiger partial charge in [-0.2, -0.15) is 0 Å². The molecule has 0 spiro atoms. The molecule has 0 radical (unpaired) electrons. The van der Waals surface area contributed by atoms with Crippen molar-refractivity contribution in [3.05, 3.63) is 63.4 Å². The Bertz CT molecular complexity index is 1320. The highest BCUT2D eigenvalue weighted by Crippen LogP contribution is 2.46. The maximum absolute atomic E-state index is 15.8. The zero-order chi connectivity index (χ0) is 28.4. The molecule has 212 valence electrons. The van der Waals surface area contributed by atoms with Gasteiger partial charge >= 0.3 is 0 Å². The second-order valence-electron chi connectivity index (χ2n) is 10.6. The fraction of sp³-hybridized carbons (Fsp3) is 0.500. The molecule has 1 saturated heterocycles. The Kier molecular flexibility index (Phi) is 9.12. The molecule has 39 heavy (non-hydrogen) atoms. The van der Waals surface area contributed by atoms with Crippen LogP contribution in [0.1, 0.15) is 59.0 Å². The van der Waals surface area contributed by atoms with Crippen LogP contribution in [0.4, 0.5) is 4.39 Å². The van der Waals surface area contributed by atoms with E-state index in [-0.39, 0.29) is 58.1 Å². The molecule has 1 saturated carbocycles. The minimum Gasteiger partial charge on any atom is -0.396 e. The predicted octanol–water partition coefficient (Wildman–Crippen LogP) is 4.25. The Balaban J connectivity index is 1.71. The van der Waals surface area contributed by atoms with Crippen LogP contribution in [0.2, 0.25) is 5.02 Å². The minimum atomic E-state index is -3.69. The van der Waals surface area contributed by atoms with E-state index < -0.39 is 27.3 Å². The number of aryl methyl sites for hydroxylation is 1. The van der Waals surface area contributed by atoms with Crippen LogP contribution < -0.4 is 0 Å². The van der Waals surface area contributed by atoms with Gasteiger partial charge in [0.15, 0.2) is 21.8 Å². The van der Waals surface area contributed by atoms with E-state index >= 15 is 4.39 Å². The van der Waals surface area contributed by atoms with Crippen molar-refractivity contribution >= 4 is 33.6 Å². The van der Waals surface area contributed by atoms with Crippen molar-refractivity contribution in [1.82, 2.24) is 4.90 Å². The van der Waals surface area contributed by atoms with Gasteiger partial charge in [0.2, 0.25) is 6.41 Å². The molecule has 1 aliphatic heterocycles. The van der Waals surface area contributed by atoms with Gasteiger partial charge in [-0.1, -0.05) is 17.7 Å². The van der Waals surface area contributed by atoms with E-state index in [9.17, 15) is 23.1 Å². The summed E-state index contributed by atoms with van der Waals surface area (Å²) in [6.07, 6.45) is 2.88. The molecular weight excluding hydrogens is 549 g/mol. The summed E-state index contributed by atoms with van der Waals surface area (Å²) in [5.74, 6) is -1.12. The SMILES string of the molecule is Cc1cc(C(=O)C2CCOCC2)cc(F)c1C(OCC1(CO)CC1)N(C=O)Cc1ccc(Cl)cc1S(C)(=O)=O. The number of amides is 1. The molecule has 1 aliphatic carbocycles. The van der Waals surface area contributed by atoms with E-state index in [1.807, 2.05) is 0 Å². The number of Topliss-reactive ketones (excluding diaryl/α,β-unsaturated/α-hetero) is 1. The van der Waals surface area contributed by atoms with Crippen LogP contribution >= 0.6 is 11.6 Å². The monoisotopic (exact) mass is 581 g/mol. The normalized spacial score (nSPS) is 18.0. The van der Waals surface area contributed by atoms with E-state index in [0.29, 0.717) is 38.0 Å². The standard InChI is InChI=1S/C28H33ClFNO7S/c1-18-11-21(26(34)19-5-9-37-10-6-19)12-23(30)25(18)27(38-16-28(15-32)7-8-28)31(17-33)14-20-3-4-22(29)13-24(20)39(2,35)36/h3-4,11-13,17,19,27,32H,5-10,14-16H2,1-2H3. The highest BCUT2D eigenvalue weighted by Gasteiger charge is 2.43. The third kappa shape index (κ3) is 6.86. The summed E-state index contributed by atoms with van der Waals surface area (Å²) in [4.78, 5) is 26.6. The lowest BCUT2D eigenvalue weighted by Gasteiger charge is -2.32. The van der Waals surface area contributed by atoms with Crippen LogP contribution in [-0.2, 0) is 30.7 Å². The van der Waals surface area contributed by atoms with E-state index in [1.54, 1.807) is 13.0 Å². The Labute approximate surface area is 233 Å². The number of hydrogen-bond acceptors (Lipinski definition) is 7. The van der Waals surface area contributed by atoms with Gasteiger partial charge < -0.3 is 19.5 Å². The van der Waals surface area contributed by atoms with Crippen LogP contribution in [0.5, 0.6) is 0 Å². The molecule has 1 amide bonds. The minimum absolute atomic E-state index is 0.0516. The first-order valence-electron chi connectivity index (χ1n) is 12.8. The molecule has 1 N–H and O–H groups in total. The number of hydrogen-bond donors (Lipinski definition) is 1. The summed E-state index contributed by atoms with van der Waals surface area (Å²) >= 11 is 6.03. The fourth-order valence-electron chi connectivity index (χ4n) is 4.91. The zero-order valence-corrected chi connectivity index (χ0v) is 23.6. The molecule has 2 aromatic rings. The highest BCUT2D eigenvalue weighted by atomic mass is 35.5. The number of ether oxygens (including phenoxy) is 2. The van der Waals surface area contributed by atoms with E-state index in [1.165, 1.54) is 29.2 Å². The van der Waals surface area contributed by atoms with E-state index in [4.69, 9.17) is 21.1 Å². The van der Waals surface area contributed by atoms with Crippen molar-refractivity contribution in [1.29, 1.82) is 0 Å². The third-order valence-corrected chi connectivity index (χ3v) is 8.93. The molecule has 0 aromatic heterocycles. The molecule has 0 bridgehead atoms. The average molecular weight is 582 g/mol. The van der Waals surface area contributed by atoms with Gasteiger partial charge in [0.05, 0.1) is 18.1 Å². The van der Waals surface area contributed by atoms with Crippen molar-refractivity contribution in [3.63, 3.8) is 0 Å². The number of halogens is 2. The first-order chi connectivity index (χ1) is 18.5. The smallest absolute Gasteiger partial charge is 0.212 e. The number of carbonyl (C=O) groups excluding carboxylic acids is 2. The zero-order valence-electron chi connectivity index (χ0n) is 22.0. The molecule has 11 heteroatoms. The fourth-order valence-corrected chi connectivity index (χ4v) is 6.09. The van der Waals surface area contributed by atoms with Crippen LogP contribution in [0.25, 0.3) is 0 Å². The molecule has 1 unspecified atom stereocenters. The third-order valence-electron chi connectivity index (χ3n) is 7.52. The average Bonchev–Trinajstić information content (AvgIpc) is 3.69. The maximum Gasteiger partial charge on any atom is 0.212 e. The second-order valence-corrected chi connectivity index (χ2v) is 13.0. The van der Waals surface area contributed by atoms with Gasteiger partial charge in [-0.05, 0) is 68.0 Å². The summed E-state index contributed by atoms with van der Waals surface area (Å²) in [6, 6.07) is 7.08. The van der Waals surface area contributed by atoms with Gasteiger partial charge in [0, 0.05) is 53.5 Å². The van der Waals surface area contributed by atoms with Crippen molar-refractivity contribution in [2.45, 2.75) is 50.3 Å². The van der Waals surface area contributed by atoms with Crippen molar-refractivity contribution < 1.29 is 37.0 Å². The quantitative estimate of drug-likeness (QED) is 0.227. The van der Waals surface area contributed by atoms with Crippen molar-refractivity contribution in [2.75, 3.05) is 32.7 Å². The predicted molar refractivity (Wildman–Crippen MR) is 143 cm³/mol. The van der Waals surface area contributed by atoms with Gasteiger partial charge in [-0.25, -0.2) is 12.8 Å². The lowest BCUT2D eigenvalue weighted by molar-refractivity contribution is -0.138. The summed E-state index contributed by atoms with van der Waals surface area (Å²) in [5, 5.41) is 10.0. The topological polar surface area (TPSA) is 110 Å². The highest BCUT2D eigenvalue weighted by molar-refractivity contribution is 7.90. The number of benzene rings is 2. The van der Waals surface area contributed by atoms with Crippen LogP contribution in [0.3, 0.4) is 0 Å². The molecule has 4 rings (SSSR count). The molecule has 1 heterocycles. The maximum atomic E-state index is 15.8. The van der Waals surface area contributed by atoms with Crippen molar-refractivity contribution in [3.8, 4) is 0 Å². The van der Waals surface area contributed by atoms with E-state index in [2.05, 4.69) is 0 Å². The van der Waals surface area contributed by atoms with Crippen LogP contribution in [0, 0.1) is 24.1 Å². The second kappa shape index (κ2) is 12.0. The van der Waals surface area contributed by atoms with Gasteiger partial charge in [-0.15, -0.1) is 0 Å². The summed E-state index contributed by atoms with van der Waals surface area (Å²) < 4.78 is 52.1. The Morgan fingerprint density at radius 3 is 2.54 bits per heavy atom. The summed E-state index contributed by atoms with van der Waals surface area (Å²) in [5.41, 5.74) is 0.539. The number of ketones is 1.